The van der Waals surface area contributed by atoms with Gasteiger partial charge < -0.3 is 11.1 Å². The van der Waals surface area contributed by atoms with E-state index in [4.69, 9.17) is 5.73 Å². The number of aryl methyl sites for hydroxylation is 1. The van der Waals surface area contributed by atoms with Crippen molar-refractivity contribution in [2.75, 3.05) is 28.8 Å². The normalized spacial score (nSPS) is 12.9. The summed E-state index contributed by atoms with van der Waals surface area (Å²) in [6.07, 6.45) is 1.19. The van der Waals surface area contributed by atoms with Crippen molar-refractivity contribution < 1.29 is 13.2 Å². The lowest BCUT2D eigenvalue weighted by molar-refractivity contribution is -0.115. The monoisotopic (exact) mass is 316 g/mol. The second-order valence-electron chi connectivity index (χ2n) is 4.71. The highest BCUT2D eigenvalue weighted by Gasteiger charge is 2.15. The quantitative estimate of drug-likeness (QED) is 0.779. The summed E-state index contributed by atoms with van der Waals surface area (Å²) in [6, 6.07) is 5.28. The molecule has 1 aromatic carbocycles. The molecule has 0 aromatic heterocycles. The Kier molecular flexibility index (Phi) is 5.88. The first-order valence-corrected chi connectivity index (χ1v) is 9.26. The van der Waals surface area contributed by atoms with Crippen molar-refractivity contribution in [3.63, 3.8) is 0 Å². The first-order chi connectivity index (χ1) is 9.19. The number of nitrogens with one attached hydrogen (secondary N) is 1. The van der Waals surface area contributed by atoms with Gasteiger partial charge in [0, 0.05) is 23.4 Å². The molecule has 1 aromatic rings. The maximum absolute atomic E-state index is 12.0. The van der Waals surface area contributed by atoms with Crippen molar-refractivity contribution in [1.29, 1.82) is 0 Å². The molecular weight excluding hydrogens is 296 g/mol. The third-order valence-corrected chi connectivity index (χ3v) is 5.06. The minimum Gasteiger partial charge on any atom is -0.399 e. The molecule has 1 unspecified atom stereocenters. The van der Waals surface area contributed by atoms with Gasteiger partial charge in [0.2, 0.25) is 5.91 Å². The van der Waals surface area contributed by atoms with Crippen LogP contribution in [0.1, 0.15) is 12.5 Å². The lowest BCUT2D eigenvalue weighted by atomic mass is 10.2. The van der Waals surface area contributed by atoms with Gasteiger partial charge in [-0.25, -0.2) is 8.42 Å². The van der Waals surface area contributed by atoms with E-state index in [0.29, 0.717) is 11.4 Å². The molecule has 1 amide bonds. The Morgan fingerprint density at radius 3 is 2.65 bits per heavy atom. The van der Waals surface area contributed by atoms with Crippen LogP contribution in [0.25, 0.3) is 0 Å². The Bertz CT molecular complexity index is 585. The van der Waals surface area contributed by atoms with Crippen LogP contribution in [-0.4, -0.2) is 37.3 Å². The second-order valence-corrected chi connectivity index (χ2v) is 8.41. The number of hydrogen-bond donors (Lipinski definition) is 2. The largest absolute Gasteiger partial charge is 0.399 e. The third-order valence-electron chi connectivity index (χ3n) is 2.70. The van der Waals surface area contributed by atoms with Crippen molar-refractivity contribution in [2.45, 2.75) is 19.1 Å². The Morgan fingerprint density at radius 2 is 2.10 bits per heavy atom. The summed E-state index contributed by atoms with van der Waals surface area (Å²) in [5.41, 5.74) is 7.92. The van der Waals surface area contributed by atoms with E-state index in [1.54, 1.807) is 25.1 Å². The number of sulfone groups is 1. The van der Waals surface area contributed by atoms with Crippen molar-refractivity contribution in [3.05, 3.63) is 23.8 Å². The molecule has 0 saturated heterocycles. The lowest BCUT2D eigenvalue weighted by Gasteiger charge is -2.13. The van der Waals surface area contributed by atoms with Gasteiger partial charge in [0.05, 0.1) is 11.0 Å². The van der Waals surface area contributed by atoms with Crippen LogP contribution in [0.2, 0.25) is 0 Å². The first-order valence-electron chi connectivity index (χ1n) is 6.15. The number of nitrogen functional groups attached to an aromatic ring is 1. The van der Waals surface area contributed by atoms with E-state index in [0.717, 1.165) is 11.3 Å². The summed E-state index contributed by atoms with van der Waals surface area (Å²) in [5, 5.41) is 2.51. The number of nitrogens with two attached hydrogens (primary N) is 1. The zero-order chi connectivity index (χ0) is 15.3. The highest BCUT2D eigenvalue weighted by molar-refractivity contribution is 8.01. The molecule has 1 atom stereocenters. The number of rotatable bonds is 6. The Labute approximate surface area is 124 Å². The average molecular weight is 316 g/mol. The van der Waals surface area contributed by atoms with Crippen LogP contribution in [0.4, 0.5) is 11.4 Å². The van der Waals surface area contributed by atoms with E-state index in [2.05, 4.69) is 5.32 Å². The van der Waals surface area contributed by atoms with Crippen LogP contribution in [0, 0.1) is 6.92 Å². The number of carbonyl (C=O) groups excluding carboxylic acids is 1. The Morgan fingerprint density at radius 1 is 1.45 bits per heavy atom. The van der Waals surface area contributed by atoms with Gasteiger partial charge in [0.1, 0.15) is 9.84 Å². The smallest absolute Gasteiger partial charge is 0.237 e. The van der Waals surface area contributed by atoms with Crippen molar-refractivity contribution >= 4 is 38.9 Å². The van der Waals surface area contributed by atoms with Gasteiger partial charge in [0.25, 0.3) is 0 Å². The van der Waals surface area contributed by atoms with Crippen LogP contribution >= 0.6 is 11.8 Å². The van der Waals surface area contributed by atoms with E-state index in [9.17, 15) is 13.2 Å². The maximum atomic E-state index is 12.0. The molecule has 0 aliphatic heterocycles. The maximum Gasteiger partial charge on any atom is 0.237 e. The molecule has 0 aliphatic carbocycles. The van der Waals surface area contributed by atoms with E-state index in [1.807, 2.05) is 6.92 Å². The molecule has 0 bridgehead atoms. The minimum absolute atomic E-state index is 0.0795. The average Bonchev–Trinajstić information content (AvgIpc) is 2.30. The van der Waals surface area contributed by atoms with Crippen molar-refractivity contribution in [3.8, 4) is 0 Å². The molecule has 0 radical (unpaired) electrons. The van der Waals surface area contributed by atoms with E-state index in [-0.39, 0.29) is 16.9 Å². The van der Waals surface area contributed by atoms with Crippen LogP contribution < -0.4 is 11.1 Å². The van der Waals surface area contributed by atoms with Gasteiger partial charge in [-0.15, -0.1) is 11.8 Å². The van der Waals surface area contributed by atoms with Gasteiger partial charge in [0.15, 0.2) is 0 Å². The van der Waals surface area contributed by atoms with Crippen LogP contribution in [-0.2, 0) is 14.6 Å². The van der Waals surface area contributed by atoms with Crippen molar-refractivity contribution in [2.24, 2.45) is 0 Å². The first kappa shape index (κ1) is 16.8. The fraction of sp³-hybridized carbons (Fsp3) is 0.462. The fourth-order valence-electron chi connectivity index (χ4n) is 1.51. The molecule has 0 saturated carbocycles. The highest BCUT2D eigenvalue weighted by atomic mass is 32.2. The van der Waals surface area contributed by atoms with E-state index >= 15 is 0 Å². The number of amides is 1. The van der Waals surface area contributed by atoms with Gasteiger partial charge in [-0.2, -0.15) is 0 Å². The van der Waals surface area contributed by atoms with Gasteiger partial charge >= 0.3 is 0 Å². The number of thioether (sulfide) groups is 1. The molecular formula is C13H20N2O3S2. The highest BCUT2D eigenvalue weighted by Crippen LogP contribution is 2.19. The molecule has 7 heteroatoms. The molecule has 0 spiro atoms. The summed E-state index contributed by atoms with van der Waals surface area (Å²) < 4.78 is 22.0. The van der Waals surface area contributed by atoms with Crippen molar-refractivity contribution in [1.82, 2.24) is 0 Å². The van der Waals surface area contributed by atoms with E-state index < -0.39 is 9.84 Å². The minimum atomic E-state index is -2.98. The number of benzene rings is 1. The lowest BCUT2D eigenvalue weighted by Crippen LogP contribution is -2.24. The summed E-state index contributed by atoms with van der Waals surface area (Å²) >= 11 is 1.32. The van der Waals surface area contributed by atoms with Gasteiger partial charge in [-0.05, 0) is 37.6 Å². The number of carbonyl (C=O) groups is 1. The SMILES string of the molecule is Cc1cc(N)ccc1NC(=O)C(C)SCCS(C)(=O)=O. The summed E-state index contributed by atoms with van der Waals surface area (Å²) in [6.45, 7) is 3.63. The van der Waals surface area contributed by atoms with Gasteiger partial charge in [-0.1, -0.05) is 0 Å². The van der Waals surface area contributed by atoms with E-state index in [1.165, 1.54) is 18.0 Å². The number of anilines is 2. The van der Waals surface area contributed by atoms with Crippen LogP contribution in [0.5, 0.6) is 0 Å². The molecule has 3 N–H and O–H groups in total. The summed E-state index contributed by atoms with van der Waals surface area (Å²) in [7, 11) is -2.98. The predicted octanol–water partition coefficient (Wildman–Crippen LogP) is 1.68. The molecule has 0 aliphatic rings. The molecule has 0 fully saturated rings. The molecule has 112 valence electrons. The summed E-state index contributed by atoms with van der Waals surface area (Å²) in [4.78, 5) is 12.0. The molecule has 20 heavy (non-hydrogen) atoms. The van der Waals surface area contributed by atoms with Gasteiger partial charge in [-0.3, -0.25) is 4.79 Å². The zero-order valence-electron chi connectivity index (χ0n) is 11.8. The Hall–Kier alpha value is -1.21. The third kappa shape index (κ3) is 5.83. The Balaban J connectivity index is 2.53. The number of hydrogen-bond acceptors (Lipinski definition) is 5. The topological polar surface area (TPSA) is 89.3 Å². The summed E-state index contributed by atoms with van der Waals surface area (Å²) in [5.74, 6) is 0.348. The predicted molar refractivity (Wildman–Crippen MR) is 85.9 cm³/mol. The zero-order valence-corrected chi connectivity index (χ0v) is 13.5. The van der Waals surface area contributed by atoms with Crippen LogP contribution in [0.3, 0.4) is 0 Å². The fourth-order valence-corrected chi connectivity index (χ4v) is 3.67. The molecule has 0 heterocycles. The molecule has 5 nitrogen and oxygen atoms in total. The second kappa shape index (κ2) is 6.99. The standard InChI is InChI=1S/C13H20N2O3S2/c1-9-8-11(14)4-5-12(9)15-13(16)10(2)19-6-7-20(3,17)18/h4-5,8,10H,6-7,14H2,1-3H3,(H,15,16). The van der Waals surface area contributed by atoms with Crippen LogP contribution in [0.15, 0.2) is 18.2 Å². The molecule has 1 rings (SSSR count).